The molecule has 4 saturated heterocycles. The van der Waals surface area contributed by atoms with Gasteiger partial charge in [0, 0.05) is 44.0 Å². The monoisotopic (exact) mass is 584 g/mol. The number of ether oxygens (including phenoxy) is 1. The number of pyridine rings is 1. The average Bonchev–Trinajstić information content (AvgIpc) is 3.74. The number of fused-ring (bicyclic) bond motifs is 5. The van der Waals surface area contributed by atoms with Gasteiger partial charge in [0.25, 0.3) is 0 Å². The highest BCUT2D eigenvalue weighted by atomic mass is 19.1. The Morgan fingerprint density at radius 3 is 2.47 bits per heavy atom. The Balaban J connectivity index is 0.00000147. The molecular weight excluding hydrogens is 543 g/mol. The standard InChI is InChI=1S/C33H37FN6O.CH4O/c1-2-21-7-3-8-22-9-4-10-25(27(21)22)29-28(34)30-26(17-35-29)31(39-18-23-11-12-24(19-39)36-23)38-32(37-30)41-20-33-13-5-15-40(33)16-6-14-33;1-2/h3-4,7-10,17,23-24,36H,2,5-6,11-16,18-20H2,1H3;2H,1H3. The van der Waals surface area contributed by atoms with Crippen molar-refractivity contribution in [2.24, 2.45) is 0 Å². The summed E-state index contributed by atoms with van der Waals surface area (Å²) < 4.78 is 23.1. The summed E-state index contributed by atoms with van der Waals surface area (Å²) in [5, 5.41) is 13.5. The fraction of sp³-hybridized carbons (Fsp3) is 0.500. The molecule has 226 valence electrons. The van der Waals surface area contributed by atoms with E-state index in [2.05, 4.69) is 46.3 Å². The maximum Gasteiger partial charge on any atom is 0.319 e. The Morgan fingerprint density at radius 2 is 1.74 bits per heavy atom. The van der Waals surface area contributed by atoms with Crippen molar-refractivity contribution in [1.82, 2.24) is 25.2 Å². The molecule has 2 N–H and O–H groups in total. The van der Waals surface area contributed by atoms with E-state index in [1.807, 2.05) is 12.1 Å². The van der Waals surface area contributed by atoms with Crippen molar-refractivity contribution in [1.29, 1.82) is 0 Å². The first-order valence-electron chi connectivity index (χ1n) is 15.8. The molecule has 8 nitrogen and oxygen atoms in total. The number of hydrogen-bond acceptors (Lipinski definition) is 8. The first-order chi connectivity index (χ1) is 21.1. The molecule has 4 aliphatic heterocycles. The van der Waals surface area contributed by atoms with Crippen molar-refractivity contribution in [3.63, 3.8) is 0 Å². The Kier molecular flexibility index (Phi) is 7.65. The SMILES string of the molecule is CCc1cccc2cccc(-c3ncc4c(N5CC6CCC(C5)N6)nc(OCC56CCCN5CCC6)nc4c3F)c12.CO. The molecule has 8 rings (SSSR count). The van der Waals surface area contributed by atoms with Crippen LogP contribution in [0.1, 0.15) is 51.0 Å². The number of aliphatic hydroxyl groups is 1. The summed E-state index contributed by atoms with van der Waals surface area (Å²) in [6.07, 6.45) is 9.62. The lowest BCUT2D eigenvalue weighted by Crippen LogP contribution is -2.51. The van der Waals surface area contributed by atoms with Crippen LogP contribution in [0.4, 0.5) is 10.2 Å². The Labute approximate surface area is 252 Å². The van der Waals surface area contributed by atoms with Crippen LogP contribution >= 0.6 is 0 Å². The molecule has 2 aromatic carbocycles. The lowest BCUT2D eigenvalue weighted by atomic mass is 9.95. The van der Waals surface area contributed by atoms with Gasteiger partial charge >= 0.3 is 6.01 Å². The molecule has 43 heavy (non-hydrogen) atoms. The maximum absolute atomic E-state index is 16.7. The molecule has 2 unspecified atom stereocenters. The van der Waals surface area contributed by atoms with E-state index in [1.54, 1.807) is 6.20 Å². The number of aliphatic hydroxyl groups excluding tert-OH is 1. The van der Waals surface area contributed by atoms with Gasteiger partial charge in [0.15, 0.2) is 5.82 Å². The number of benzene rings is 2. The fourth-order valence-electron chi connectivity index (χ4n) is 8.06. The van der Waals surface area contributed by atoms with Crippen molar-refractivity contribution in [3.05, 3.63) is 54.0 Å². The molecule has 0 spiro atoms. The molecule has 2 bridgehead atoms. The van der Waals surface area contributed by atoms with Gasteiger partial charge in [-0.2, -0.15) is 9.97 Å². The quantitative estimate of drug-likeness (QED) is 0.324. The van der Waals surface area contributed by atoms with Gasteiger partial charge in [-0.25, -0.2) is 4.39 Å². The van der Waals surface area contributed by atoms with Crippen LogP contribution in [0.2, 0.25) is 0 Å². The lowest BCUT2D eigenvalue weighted by Gasteiger charge is -2.34. The Morgan fingerprint density at radius 1 is 1.02 bits per heavy atom. The predicted molar refractivity (Wildman–Crippen MR) is 168 cm³/mol. The molecule has 2 atom stereocenters. The summed E-state index contributed by atoms with van der Waals surface area (Å²) in [5.41, 5.74) is 2.66. The summed E-state index contributed by atoms with van der Waals surface area (Å²) in [6, 6.07) is 13.4. The number of nitrogens with zero attached hydrogens (tertiary/aromatic N) is 5. The number of aryl methyl sites for hydroxylation is 1. The Hall–Kier alpha value is -3.40. The van der Waals surface area contributed by atoms with Crippen LogP contribution in [-0.2, 0) is 6.42 Å². The van der Waals surface area contributed by atoms with Gasteiger partial charge in [-0.05, 0) is 74.4 Å². The minimum Gasteiger partial charge on any atom is -0.461 e. The third-order valence-electron chi connectivity index (χ3n) is 10.1. The van der Waals surface area contributed by atoms with Gasteiger partial charge in [-0.1, -0.05) is 43.3 Å². The van der Waals surface area contributed by atoms with Crippen molar-refractivity contribution >= 4 is 27.5 Å². The van der Waals surface area contributed by atoms with Crippen LogP contribution < -0.4 is 15.0 Å². The van der Waals surface area contributed by atoms with Gasteiger partial charge in [-0.3, -0.25) is 9.88 Å². The summed E-state index contributed by atoms with van der Waals surface area (Å²) in [6.45, 7) is 6.62. The van der Waals surface area contributed by atoms with Crippen LogP contribution in [-0.4, -0.2) is 82.5 Å². The van der Waals surface area contributed by atoms with Gasteiger partial charge in [0.1, 0.15) is 23.6 Å². The zero-order chi connectivity index (χ0) is 29.6. The van der Waals surface area contributed by atoms with Crippen LogP contribution in [0.5, 0.6) is 6.01 Å². The maximum atomic E-state index is 16.7. The first kappa shape index (κ1) is 28.4. The zero-order valence-electron chi connectivity index (χ0n) is 25.2. The molecule has 6 heterocycles. The third kappa shape index (κ3) is 4.91. The highest BCUT2D eigenvalue weighted by molar-refractivity contribution is 6.00. The van der Waals surface area contributed by atoms with Gasteiger partial charge in [-0.15, -0.1) is 0 Å². The van der Waals surface area contributed by atoms with E-state index in [1.165, 1.54) is 18.4 Å². The third-order valence-corrected chi connectivity index (χ3v) is 10.1. The highest BCUT2D eigenvalue weighted by Gasteiger charge is 2.45. The van der Waals surface area contributed by atoms with E-state index >= 15 is 4.39 Å². The molecule has 4 aromatic rings. The van der Waals surface area contributed by atoms with Crippen molar-refractivity contribution in [2.45, 2.75) is 69.5 Å². The lowest BCUT2D eigenvalue weighted by molar-refractivity contribution is 0.108. The summed E-state index contributed by atoms with van der Waals surface area (Å²) in [4.78, 5) is 19.3. The highest BCUT2D eigenvalue weighted by Crippen LogP contribution is 2.40. The number of anilines is 1. The van der Waals surface area contributed by atoms with Gasteiger partial charge < -0.3 is 20.1 Å². The number of aromatic nitrogens is 3. The second-order valence-corrected chi connectivity index (χ2v) is 12.4. The number of hydrogen-bond donors (Lipinski definition) is 2. The number of halogens is 1. The average molecular weight is 585 g/mol. The van der Waals surface area contributed by atoms with Crippen LogP contribution in [0, 0.1) is 5.82 Å². The van der Waals surface area contributed by atoms with Crippen LogP contribution in [0.15, 0.2) is 42.6 Å². The molecule has 0 amide bonds. The first-order valence-corrected chi connectivity index (χ1v) is 15.8. The van der Waals surface area contributed by atoms with Crippen molar-refractivity contribution < 1.29 is 14.2 Å². The van der Waals surface area contributed by atoms with E-state index in [0.717, 1.165) is 87.5 Å². The van der Waals surface area contributed by atoms with Gasteiger partial charge in [0.05, 0.1) is 10.9 Å². The van der Waals surface area contributed by atoms with E-state index in [9.17, 15) is 0 Å². The molecule has 4 fully saturated rings. The van der Waals surface area contributed by atoms with Crippen molar-refractivity contribution in [2.75, 3.05) is 44.8 Å². The summed E-state index contributed by atoms with van der Waals surface area (Å²) >= 11 is 0. The van der Waals surface area contributed by atoms with Crippen LogP contribution in [0.3, 0.4) is 0 Å². The normalized spacial score (nSPS) is 22.6. The second kappa shape index (κ2) is 11.6. The molecule has 0 aliphatic carbocycles. The predicted octanol–water partition coefficient (Wildman–Crippen LogP) is 5.10. The summed E-state index contributed by atoms with van der Waals surface area (Å²) in [5.74, 6) is 0.328. The van der Waals surface area contributed by atoms with E-state index < -0.39 is 5.82 Å². The van der Waals surface area contributed by atoms with E-state index in [-0.39, 0.29) is 11.5 Å². The minimum atomic E-state index is -0.408. The van der Waals surface area contributed by atoms with Crippen molar-refractivity contribution in [3.8, 4) is 17.3 Å². The smallest absolute Gasteiger partial charge is 0.319 e. The van der Waals surface area contributed by atoms with Crippen LogP contribution in [0.25, 0.3) is 32.9 Å². The van der Waals surface area contributed by atoms with Gasteiger partial charge in [0.2, 0.25) is 0 Å². The Bertz CT molecular complexity index is 1620. The minimum absolute atomic E-state index is 0.0636. The fourth-order valence-corrected chi connectivity index (χ4v) is 8.06. The molecule has 2 aromatic heterocycles. The molecule has 4 aliphatic rings. The van der Waals surface area contributed by atoms with E-state index in [0.29, 0.717) is 35.3 Å². The largest absolute Gasteiger partial charge is 0.461 e. The second-order valence-electron chi connectivity index (χ2n) is 12.4. The van der Waals surface area contributed by atoms with E-state index in [4.69, 9.17) is 24.8 Å². The zero-order valence-corrected chi connectivity index (χ0v) is 25.2. The molecule has 0 radical (unpaired) electrons. The molecular formula is C34H41FN6O2. The number of nitrogens with one attached hydrogen (secondary N) is 1. The molecule has 9 heteroatoms. The topological polar surface area (TPSA) is 86.6 Å². The summed E-state index contributed by atoms with van der Waals surface area (Å²) in [7, 11) is 1.00. The number of rotatable bonds is 6. The number of piperazine rings is 1. The molecule has 0 saturated carbocycles.